The second-order valence-corrected chi connectivity index (χ2v) is 8.22. The normalized spacial score (nSPS) is 18.5. The van der Waals surface area contributed by atoms with Crippen LogP contribution in [0.5, 0.6) is 0 Å². The van der Waals surface area contributed by atoms with Crippen molar-refractivity contribution in [1.82, 2.24) is 9.97 Å². The summed E-state index contributed by atoms with van der Waals surface area (Å²) >= 11 is 0. The summed E-state index contributed by atoms with van der Waals surface area (Å²) < 4.78 is 49.8. The highest BCUT2D eigenvalue weighted by atomic mass is 32.2. The largest absolute Gasteiger partial charge is 0.340 e. The molecule has 1 fully saturated rings. The molecular weight excluding hydrogens is 366 g/mol. The highest BCUT2D eigenvalue weighted by Gasteiger charge is 2.32. The van der Waals surface area contributed by atoms with Crippen LogP contribution in [0, 0.1) is 11.6 Å². The molecule has 1 saturated heterocycles. The summed E-state index contributed by atoms with van der Waals surface area (Å²) in [5, 5.41) is 2.32. The van der Waals surface area contributed by atoms with Crippen molar-refractivity contribution in [3.8, 4) is 0 Å². The zero-order valence-corrected chi connectivity index (χ0v) is 14.6. The molecule has 0 bridgehead atoms. The van der Waals surface area contributed by atoms with Crippen LogP contribution in [0.1, 0.15) is 16.9 Å². The maximum absolute atomic E-state index is 13.7. The molecule has 0 saturated carbocycles. The van der Waals surface area contributed by atoms with Crippen molar-refractivity contribution in [2.75, 3.05) is 28.8 Å². The Hall–Kier alpha value is -2.62. The van der Waals surface area contributed by atoms with E-state index in [-0.39, 0.29) is 34.9 Å². The number of nitrogens with zero attached hydrogens (tertiary/aromatic N) is 3. The number of anilines is 2. The van der Waals surface area contributed by atoms with Crippen molar-refractivity contribution in [3.05, 3.63) is 47.8 Å². The lowest BCUT2D eigenvalue weighted by molar-refractivity contribution is 0.102. The number of carbonyl (C=O) groups is 1. The minimum absolute atomic E-state index is 0.00404. The lowest BCUT2D eigenvalue weighted by atomic mass is 10.2. The lowest BCUT2D eigenvalue weighted by Crippen LogP contribution is -2.34. The molecule has 1 aromatic carbocycles. The number of carbonyl (C=O) groups excluding carboxylic acids is 1. The number of nitrogens with one attached hydrogen (secondary N) is 1. The first-order valence-electron chi connectivity index (χ1n) is 7.78. The molecule has 1 aromatic heterocycles. The van der Waals surface area contributed by atoms with E-state index in [0.717, 1.165) is 12.1 Å². The van der Waals surface area contributed by atoms with Crippen LogP contribution in [0.25, 0.3) is 0 Å². The van der Waals surface area contributed by atoms with Gasteiger partial charge in [-0.2, -0.15) is 0 Å². The van der Waals surface area contributed by atoms with Gasteiger partial charge in [-0.15, -0.1) is 0 Å². The smallest absolute Gasteiger partial charge is 0.274 e. The third-order valence-corrected chi connectivity index (χ3v) is 5.88. The Labute approximate surface area is 149 Å². The summed E-state index contributed by atoms with van der Waals surface area (Å²) in [4.78, 5) is 22.1. The summed E-state index contributed by atoms with van der Waals surface area (Å²) in [7, 11) is -1.42. The van der Waals surface area contributed by atoms with E-state index in [2.05, 4.69) is 15.3 Å². The summed E-state index contributed by atoms with van der Waals surface area (Å²) in [5.74, 6) is -2.04. The molecule has 1 amide bonds. The molecular formula is C16H16F2N4O3S. The van der Waals surface area contributed by atoms with Gasteiger partial charge >= 0.3 is 0 Å². The quantitative estimate of drug-likeness (QED) is 0.864. The molecule has 1 unspecified atom stereocenters. The van der Waals surface area contributed by atoms with E-state index in [1.165, 1.54) is 12.3 Å². The molecule has 0 aliphatic carbocycles. The second kappa shape index (κ2) is 6.94. The maximum Gasteiger partial charge on any atom is 0.274 e. The average molecular weight is 382 g/mol. The van der Waals surface area contributed by atoms with Crippen molar-refractivity contribution in [2.24, 2.45) is 0 Å². The Morgan fingerprint density at radius 3 is 2.73 bits per heavy atom. The van der Waals surface area contributed by atoms with E-state index in [1.54, 1.807) is 11.9 Å². The first-order chi connectivity index (χ1) is 12.2. The number of rotatable bonds is 4. The van der Waals surface area contributed by atoms with Gasteiger partial charge in [-0.25, -0.2) is 27.2 Å². The average Bonchev–Trinajstić information content (AvgIpc) is 2.96. The summed E-state index contributed by atoms with van der Waals surface area (Å²) in [5.41, 5.74) is -0.196. The molecule has 2 aromatic rings. The number of hydrogen-bond acceptors (Lipinski definition) is 6. The van der Waals surface area contributed by atoms with Gasteiger partial charge in [0, 0.05) is 25.4 Å². The number of benzene rings is 1. The Morgan fingerprint density at radius 2 is 2.08 bits per heavy atom. The number of aromatic nitrogens is 2. The van der Waals surface area contributed by atoms with Crippen LogP contribution >= 0.6 is 0 Å². The van der Waals surface area contributed by atoms with Gasteiger partial charge in [0.2, 0.25) is 5.95 Å². The van der Waals surface area contributed by atoms with Crippen LogP contribution in [-0.4, -0.2) is 48.9 Å². The fourth-order valence-corrected chi connectivity index (χ4v) is 4.44. The fourth-order valence-electron chi connectivity index (χ4n) is 2.67. The third-order valence-electron chi connectivity index (χ3n) is 4.13. The predicted octanol–water partition coefficient (Wildman–Crippen LogP) is 1.63. The van der Waals surface area contributed by atoms with Gasteiger partial charge in [0.25, 0.3) is 5.91 Å². The molecule has 138 valence electrons. The molecule has 1 atom stereocenters. The molecule has 1 aliphatic heterocycles. The molecule has 2 heterocycles. The Kier molecular flexibility index (Phi) is 4.86. The van der Waals surface area contributed by atoms with Crippen LogP contribution < -0.4 is 10.2 Å². The minimum Gasteiger partial charge on any atom is -0.340 e. The molecule has 0 radical (unpaired) electrons. The van der Waals surface area contributed by atoms with E-state index in [0.29, 0.717) is 12.5 Å². The van der Waals surface area contributed by atoms with Crippen molar-refractivity contribution in [1.29, 1.82) is 0 Å². The molecule has 1 aliphatic rings. The van der Waals surface area contributed by atoms with E-state index in [1.807, 2.05) is 0 Å². The van der Waals surface area contributed by atoms with E-state index >= 15 is 0 Å². The molecule has 7 nitrogen and oxygen atoms in total. The number of halogens is 2. The second-order valence-electron chi connectivity index (χ2n) is 5.99. The van der Waals surface area contributed by atoms with Crippen molar-refractivity contribution >= 4 is 27.4 Å². The molecule has 0 spiro atoms. The van der Waals surface area contributed by atoms with Crippen molar-refractivity contribution in [2.45, 2.75) is 12.5 Å². The first kappa shape index (κ1) is 18.2. The number of sulfone groups is 1. The van der Waals surface area contributed by atoms with Gasteiger partial charge in [-0.3, -0.25) is 4.79 Å². The topological polar surface area (TPSA) is 92.3 Å². The molecule has 10 heteroatoms. The van der Waals surface area contributed by atoms with Crippen molar-refractivity contribution in [3.63, 3.8) is 0 Å². The van der Waals surface area contributed by atoms with Gasteiger partial charge in [-0.1, -0.05) is 0 Å². The fraction of sp³-hybridized carbons (Fsp3) is 0.312. The van der Waals surface area contributed by atoms with Crippen LogP contribution in [0.15, 0.2) is 30.5 Å². The Bertz CT molecular complexity index is 952. The summed E-state index contributed by atoms with van der Waals surface area (Å²) in [6.45, 7) is 0. The minimum atomic E-state index is -3.07. The predicted molar refractivity (Wildman–Crippen MR) is 91.8 cm³/mol. The molecule has 3 rings (SSSR count). The SMILES string of the molecule is CN(c1nccc(C(=O)Nc2ccc(F)cc2F)n1)C1CCS(=O)(=O)C1. The van der Waals surface area contributed by atoms with Crippen LogP contribution in [0.4, 0.5) is 20.4 Å². The highest BCUT2D eigenvalue weighted by Crippen LogP contribution is 2.21. The summed E-state index contributed by atoms with van der Waals surface area (Å²) in [6, 6.07) is 3.88. The van der Waals surface area contributed by atoms with Gasteiger partial charge in [0.1, 0.15) is 17.3 Å². The van der Waals surface area contributed by atoms with Crippen LogP contribution in [0.2, 0.25) is 0 Å². The van der Waals surface area contributed by atoms with Crippen LogP contribution in [-0.2, 0) is 9.84 Å². The van der Waals surface area contributed by atoms with E-state index in [9.17, 15) is 22.0 Å². The zero-order valence-electron chi connectivity index (χ0n) is 13.8. The van der Waals surface area contributed by atoms with Crippen LogP contribution in [0.3, 0.4) is 0 Å². The molecule has 26 heavy (non-hydrogen) atoms. The highest BCUT2D eigenvalue weighted by molar-refractivity contribution is 7.91. The van der Waals surface area contributed by atoms with E-state index < -0.39 is 27.4 Å². The standard InChI is InChI=1S/C16H16F2N4O3S/c1-22(11-5-7-26(24,25)9-11)16-19-6-4-14(21-16)15(23)20-13-3-2-10(17)8-12(13)18/h2-4,6,8,11H,5,7,9H2,1H3,(H,20,23). The van der Waals surface area contributed by atoms with Gasteiger partial charge in [0.05, 0.1) is 17.2 Å². The molecule has 1 N–H and O–H groups in total. The lowest BCUT2D eigenvalue weighted by Gasteiger charge is -2.23. The van der Waals surface area contributed by atoms with Gasteiger partial charge in [-0.05, 0) is 24.6 Å². The number of amides is 1. The van der Waals surface area contributed by atoms with Crippen molar-refractivity contribution < 1.29 is 22.0 Å². The Balaban J connectivity index is 1.77. The monoisotopic (exact) mass is 382 g/mol. The van der Waals surface area contributed by atoms with E-state index in [4.69, 9.17) is 0 Å². The summed E-state index contributed by atoms with van der Waals surface area (Å²) in [6.07, 6.45) is 1.82. The first-order valence-corrected chi connectivity index (χ1v) is 9.60. The Morgan fingerprint density at radius 1 is 1.31 bits per heavy atom. The maximum atomic E-state index is 13.7. The number of hydrogen-bond donors (Lipinski definition) is 1. The third kappa shape index (κ3) is 3.96. The van der Waals surface area contributed by atoms with Gasteiger partial charge < -0.3 is 10.2 Å². The zero-order chi connectivity index (χ0) is 18.9. The van der Waals surface area contributed by atoms with Gasteiger partial charge in [0.15, 0.2) is 9.84 Å².